The van der Waals surface area contributed by atoms with Crippen LogP contribution in [-0.4, -0.2) is 48.6 Å². The fraction of sp³-hybridized carbons (Fsp3) is 0.917. The Bertz CT molecular complexity index is 251. The Balaban J connectivity index is 1.61. The standard InChI is InChI=1S/C12H23N3O/c1-9(2)15-6-5-11(8-15)13-7-12(16)14-10-3-4-10/h9-11,13H,3-8H2,1-2H3,(H,14,16). The summed E-state index contributed by atoms with van der Waals surface area (Å²) in [4.78, 5) is 13.9. The molecule has 1 atom stereocenters. The van der Waals surface area contributed by atoms with Crippen LogP contribution in [0.4, 0.5) is 0 Å². The van der Waals surface area contributed by atoms with E-state index in [0.717, 1.165) is 32.4 Å². The maximum atomic E-state index is 11.5. The van der Waals surface area contributed by atoms with Crippen LogP contribution in [0.15, 0.2) is 0 Å². The van der Waals surface area contributed by atoms with Crippen LogP contribution in [0, 0.1) is 0 Å². The average Bonchev–Trinajstić information content (AvgIpc) is 2.91. The highest BCUT2D eigenvalue weighted by atomic mass is 16.2. The molecule has 2 aliphatic rings. The summed E-state index contributed by atoms with van der Waals surface area (Å²) in [6.45, 7) is 7.16. The highest BCUT2D eigenvalue weighted by Gasteiger charge is 2.26. The smallest absolute Gasteiger partial charge is 0.234 e. The zero-order valence-electron chi connectivity index (χ0n) is 10.3. The van der Waals surface area contributed by atoms with Crippen molar-refractivity contribution in [2.24, 2.45) is 0 Å². The zero-order chi connectivity index (χ0) is 11.5. The summed E-state index contributed by atoms with van der Waals surface area (Å²) in [7, 11) is 0. The summed E-state index contributed by atoms with van der Waals surface area (Å²) in [5.41, 5.74) is 0. The van der Waals surface area contributed by atoms with Crippen molar-refractivity contribution in [3.05, 3.63) is 0 Å². The minimum absolute atomic E-state index is 0.158. The molecule has 2 rings (SSSR count). The normalized spacial score (nSPS) is 26.3. The van der Waals surface area contributed by atoms with Crippen LogP contribution in [-0.2, 0) is 4.79 Å². The molecule has 1 amide bonds. The van der Waals surface area contributed by atoms with E-state index in [1.54, 1.807) is 0 Å². The Hall–Kier alpha value is -0.610. The van der Waals surface area contributed by atoms with Gasteiger partial charge in [0.1, 0.15) is 0 Å². The van der Waals surface area contributed by atoms with Gasteiger partial charge in [0.25, 0.3) is 0 Å². The Morgan fingerprint density at radius 1 is 1.31 bits per heavy atom. The minimum Gasteiger partial charge on any atom is -0.352 e. The van der Waals surface area contributed by atoms with Gasteiger partial charge < -0.3 is 10.6 Å². The van der Waals surface area contributed by atoms with Crippen molar-refractivity contribution in [1.29, 1.82) is 0 Å². The van der Waals surface area contributed by atoms with Gasteiger partial charge in [-0.25, -0.2) is 0 Å². The van der Waals surface area contributed by atoms with Crippen LogP contribution in [0.2, 0.25) is 0 Å². The number of nitrogens with one attached hydrogen (secondary N) is 2. The summed E-state index contributed by atoms with van der Waals surface area (Å²) in [5.74, 6) is 0.158. The molecule has 1 saturated carbocycles. The van der Waals surface area contributed by atoms with Gasteiger partial charge in [-0.1, -0.05) is 0 Å². The van der Waals surface area contributed by atoms with Crippen molar-refractivity contribution < 1.29 is 4.79 Å². The number of hydrogen-bond donors (Lipinski definition) is 2. The van der Waals surface area contributed by atoms with E-state index in [2.05, 4.69) is 29.4 Å². The van der Waals surface area contributed by atoms with Gasteiger partial charge in [-0.05, 0) is 39.7 Å². The van der Waals surface area contributed by atoms with Gasteiger partial charge in [-0.3, -0.25) is 9.69 Å². The van der Waals surface area contributed by atoms with Crippen LogP contribution in [0.25, 0.3) is 0 Å². The molecule has 1 heterocycles. The summed E-state index contributed by atoms with van der Waals surface area (Å²) < 4.78 is 0. The maximum absolute atomic E-state index is 11.5. The molecule has 0 aromatic heterocycles. The first-order valence-electron chi connectivity index (χ1n) is 6.42. The van der Waals surface area contributed by atoms with Gasteiger partial charge >= 0.3 is 0 Å². The van der Waals surface area contributed by atoms with Crippen LogP contribution in [0.1, 0.15) is 33.1 Å². The molecule has 0 aromatic rings. The van der Waals surface area contributed by atoms with Crippen molar-refractivity contribution in [3.63, 3.8) is 0 Å². The predicted octanol–water partition coefficient (Wildman–Crippen LogP) is 0.337. The predicted molar refractivity (Wildman–Crippen MR) is 64.3 cm³/mol. The van der Waals surface area contributed by atoms with Crippen molar-refractivity contribution in [2.45, 2.75) is 51.2 Å². The minimum atomic E-state index is 0.158. The van der Waals surface area contributed by atoms with Gasteiger partial charge in [0, 0.05) is 24.7 Å². The Labute approximate surface area is 97.8 Å². The number of hydrogen-bond acceptors (Lipinski definition) is 3. The lowest BCUT2D eigenvalue weighted by atomic mass is 10.2. The molecule has 92 valence electrons. The Morgan fingerprint density at radius 2 is 2.06 bits per heavy atom. The molecular weight excluding hydrogens is 202 g/mol. The van der Waals surface area contributed by atoms with E-state index >= 15 is 0 Å². The van der Waals surface area contributed by atoms with Gasteiger partial charge in [-0.15, -0.1) is 0 Å². The lowest BCUT2D eigenvalue weighted by Gasteiger charge is -2.20. The van der Waals surface area contributed by atoms with Gasteiger partial charge in [0.2, 0.25) is 5.91 Å². The number of likely N-dealkylation sites (tertiary alicyclic amines) is 1. The quantitative estimate of drug-likeness (QED) is 0.709. The van der Waals surface area contributed by atoms with Crippen molar-refractivity contribution in [1.82, 2.24) is 15.5 Å². The largest absolute Gasteiger partial charge is 0.352 e. The number of rotatable bonds is 5. The molecule has 1 aliphatic carbocycles. The van der Waals surface area contributed by atoms with Crippen LogP contribution in [0.3, 0.4) is 0 Å². The van der Waals surface area contributed by atoms with Crippen molar-refractivity contribution in [2.75, 3.05) is 19.6 Å². The number of amides is 1. The second kappa shape index (κ2) is 5.15. The molecule has 2 N–H and O–H groups in total. The molecular formula is C12H23N3O. The topological polar surface area (TPSA) is 44.4 Å². The molecule has 0 bridgehead atoms. The fourth-order valence-corrected chi connectivity index (χ4v) is 2.17. The van der Waals surface area contributed by atoms with Gasteiger partial charge in [-0.2, -0.15) is 0 Å². The molecule has 1 saturated heterocycles. The monoisotopic (exact) mass is 225 g/mol. The number of carbonyl (C=O) groups is 1. The zero-order valence-corrected chi connectivity index (χ0v) is 10.3. The van der Waals surface area contributed by atoms with Crippen molar-refractivity contribution >= 4 is 5.91 Å². The van der Waals surface area contributed by atoms with E-state index in [1.165, 1.54) is 0 Å². The average molecular weight is 225 g/mol. The molecule has 2 fully saturated rings. The lowest BCUT2D eigenvalue weighted by Crippen LogP contribution is -2.41. The fourth-order valence-electron chi connectivity index (χ4n) is 2.17. The molecule has 16 heavy (non-hydrogen) atoms. The Morgan fingerprint density at radius 3 is 2.62 bits per heavy atom. The first-order chi connectivity index (χ1) is 7.65. The van der Waals surface area contributed by atoms with Crippen LogP contribution < -0.4 is 10.6 Å². The molecule has 1 unspecified atom stereocenters. The number of carbonyl (C=O) groups excluding carboxylic acids is 1. The molecule has 1 aliphatic heterocycles. The second-order valence-electron chi connectivity index (χ2n) is 5.30. The van der Waals surface area contributed by atoms with Crippen molar-refractivity contribution in [3.8, 4) is 0 Å². The Kier molecular flexibility index (Phi) is 3.82. The summed E-state index contributed by atoms with van der Waals surface area (Å²) >= 11 is 0. The third kappa shape index (κ3) is 3.46. The first-order valence-corrected chi connectivity index (χ1v) is 6.42. The van der Waals surface area contributed by atoms with Crippen LogP contribution in [0.5, 0.6) is 0 Å². The van der Waals surface area contributed by atoms with E-state index in [1.807, 2.05) is 0 Å². The summed E-state index contributed by atoms with van der Waals surface area (Å²) in [6, 6.07) is 1.59. The number of nitrogens with zero attached hydrogens (tertiary/aromatic N) is 1. The molecule has 4 heteroatoms. The van der Waals surface area contributed by atoms with E-state index in [-0.39, 0.29) is 5.91 Å². The molecule has 4 nitrogen and oxygen atoms in total. The third-order valence-corrected chi connectivity index (χ3v) is 3.44. The van der Waals surface area contributed by atoms with Gasteiger partial charge in [0.05, 0.1) is 6.54 Å². The lowest BCUT2D eigenvalue weighted by molar-refractivity contribution is -0.120. The molecule has 0 spiro atoms. The molecule has 0 radical (unpaired) electrons. The van der Waals surface area contributed by atoms with E-state index in [9.17, 15) is 4.79 Å². The van der Waals surface area contributed by atoms with E-state index in [4.69, 9.17) is 0 Å². The summed E-state index contributed by atoms with van der Waals surface area (Å²) in [6.07, 6.45) is 3.49. The van der Waals surface area contributed by atoms with Gasteiger partial charge in [0.15, 0.2) is 0 Å². The SMILES string of the molecule is CC(C)N1CCC(NCC(=O)NC2CC2)C1. The van der Waals surface area contributed by atoms with E-state index < -0.39 is 0 Å². The van der Waals surface area contributed by atoms with E-state index in [0.29, 0.717) is 24.7 Å². The highest BCUT2D eigenvalue weighted by Crippen LogP contribution is 2.18. The highest BCUT2D eigenvalue weighted by molar-refractivity contribution is 5.78. The molecule has 0 aromatic carbocycles. The summed E-state index contributed by atoms with van der Waals surface area (Å²) in [5, 5.41) is 6.34. The third-order valence-electron chi connectivity index (χ3n) is 3.44. The maximum Gasteiger partial charge on any atom is 0.234 e. The first kappa shape index (κ1) is 11.9. The second-order valence-corrected chi connectivity index (χ2v) is 5.30. The van der Waals surface area contributed by atoms with Crippen LogP contribution >= 0.6 is 0 Å².